The number of carbonyl (C=O) groups is 1. The highest BCUT2D eigenvalue weighted by Gasteiger charge is 2.26. The molecule has 128 valence electrons. The van der Waals surface area contributed by atoms with Gasteiger partial charge in [-0.3, -0.25) is 0 Å². The first kappa shape index (κ1) is 16.9. The van der Waals surface area contributed by atoms with Crippen LogP contribution in [0.4, 0.5) is 4.79 Å². The predicted octanol–water partition coefficient (Wildman–Crippen LogP) is 3.20. The summed E-state index contributed by atoms with van der Waals surface area (Å²) in [4.78, 5) is 18.4. The minimum atomic E-state index is -0.00610. The van der Waals surface area contributed by atoms with Crippen molar-refractivity contribution in [1.29, 1.82) is 0 Å². The van der Waals surface area contributed by atoms with Crippen molar-refractivity contribution < 1.29 is 9.53 Å². The number of rotatable bonds is 6. The van der Waals surface area contributed by atoms with Crippen LogP contribution in [0.5, 0.6) is 0 Å². The molecule has 1 aromatic heterocycles. The van der Waals surface area contributed by atoms with E-state index in [9.17, 15) is 4.79 Å². The number of urea groups is 1. The van der Waals surface area contributed by atoms with Crippen molar-refractivity contribution in [1.82, 2.24) is 15.2 Å². The van der Waals surface area contributed by atoms with Gasteiger partial charge in [-0.05, 0) is 18.9 Å². The molecule has 0 unspecified atom stereocenters. The van der Waals surface area contributed by atoms with Crippen LogP contribution >= 0.6 is 11.3 Å². The third-order valence-corrected chi connectivity index (χ3v) is 5.06. The molecule has 1 atom stereocenters. The average Bonchev–Trinajstić information content (AvgIpc) is 3.23. The Bertz CT molecular complexity index is 659. The lowest BCUT2D eigenvalue weighted by Gasteiger charge is -2.17. The number of likely N-dealkylation sites (tertiary alicyclic amines) is 1. The normalized spacial score (nSPS) is 17.2. The summed E-state index contributed by atoms with van der Waals surface area (Å²) < 4.78 is 5.80. The largest absolute Gasteiger partial charge is 0.376 e. The van der Waals surface area contributed by atoms with Gasteiger partial charge in [0.25, 0.3) is 0 Å². The van der Waals surface area contributed by atoms with Crippen molar-refractivity contribution in [2.24, 2.45) is 5.92 Å². The highest BCUT2D eigenvalue weighted by Crippen LogP contribution is 2.17. The van der Waals surface area contributed by atoms with E-state index in [1.807, 2.05) is 35.4 Å². The minimum absolute atomic E-state index is 0.00610. The first-order valence-electron chi connectivity index (χ1n) is 8.26. The number of amides is 2. The Balaban J connectivity index is 1.36. The third kappa shape index (κ3) is 4.79. The van der Waals surface area contributed by atoms with Crippen molar-refractivity contribution >= 4 is 17.4 Å². The molecule has 2 heterocycles. The summed E-state index contributed by atoms with van der Waals surface area (Å²) in [6.07, 6.45) is 0.999. The number of aromatic nitrogens is 1. The number of hydrogen-bond acceptors (Lipinski definition) is 4. The van der Waals surface area contributed by atoms with E-state index in [0.717, 1.165) is 30.2 Å². The molecule has 0 saturated carbocycles. The first-order valence-corrected chi connectivity index (χ1v) is 9.14. The van der Waals surface area contributed by atoms with Crippen LogP contribution in [-0.2, 0) is 17.9 Å². The van der Waals surface area contributed by atoms with E-state index in [1.165, 1.54) is 5.56 Å². The molecule has 0 bridgehead atoms. The molecule has 3 rings (SSSR count). The highest BCUT2D eigenvalue weighted by atomic mass is 32.1. The number of hydrogen-bond donors (Lipinski definition) is 1. The van der Waals surface area contributed by atoms with Crippen molar-refractivity contribution in [2.45, 2.75) is 26.5 Å². The number of thiazole rings is 1. The molecule has 1 N–H and O–H groups in total. The summed E-state index contributed by atoms with van der Waals surface area (Å²) in [7, 11) is 0. The zero-order chi connectivity index (χ0) is 16.8. The van der Waals surface area contributed by atoms with Crippen LogP contribution in [0.1, 0.15) is 22.7 Å². The molecule has 0 radical (unpaired) electrons. The summed E-state index contributed by atoms with van der Waals surface area (Å²) in [6.45, 7) is 5.35. The van der Waals surface area contributed by atoms with Gasteiger partial charge in [0.15, 0.2) is 0 Å². The maximum Gasteiger partial charge on any atom is 0.317 e. The molecular weight excluding hydrogens is 322 g/mol. The summed E-state index contributed by atoms with van der Waals surface area (Å²) >= 11 is 1.58. The van der Waals surface area contributed by atoms with E-state index < -0.39 is 0 Å². The standard InChI is InChI=1S/C18H23N3O2S/c1-14-13-24-17(20-14)9-19-18(22)21-8-7-16(10-21)12-23-11-15-5-3-2-4-6-15/h2-6,13,16H,7-12H2,1H3,(H,19,22)/t16-/m0/s1. The molecule has 5 nitrogen and oxygen atoms in total. The number of benzene rings is 1. The Labute approximate surface area is 146 Å². The quantitative estimate of drug-likeness (QED) is 0.875. The van der Waals surface area contributed by atoms with Crippen molar-refractivity contribution in [2.75, 3.05) is 19.7 Å². The molecule has 1 aliphatic heterocycles. The van der Waals surface area contributed by atoms with Gasteiger partial charge in [0.05, 0.1) is 19.8 Å². The van der Waals surface area contributed by atoms with Gasteiger partial charge in [0.1, 0.15) is 5.01 Å². The van der Waals surface area contributed by atoms with E-state index in [0.29, 0.717) is 25.7 Å². The summed E-state index contributed by atoms with van der Waals surface area (Å²) in [6, 6.07) is 10.2. The first-order chi connectivity index (χ1) is 11.7. The van der Waals surface area contributed by atoms with E-state index >= 15 is 0 Å². The van der Waals surface area contributed by atoms with Crippen molar-refractivity contribution in [3.63, 3.8) is 0 Å². The van der Waals surface area contributed by atoms with E-state index in [1.54, 1.807) is 11.3 Å². The summed E-state index contributed by atoms with van der Waals surface area (Å²) in [5.74, 6) is 0.418. The molecule has 1 aromatic carbocycles. The van der Waals surface area contributed by atoms with Crippen LogP contribution in [0.3, 0.4) is 0 Å². The van der Waals surface area contributed by atoms with Gasteiger partial charge in [-0.25, -0.2) is 9.78 Å². The zero-order valence-corrected chi connectivity index (χ0v) is 14.7. The number of nitrogens with zero attached hydrogens (tertiary/aromatic N) is 2. The second-order valence-electron chi connectivity index (χ2n) is 6.14. The SMILES string of the molecule is Cc1csc(CNC(=O)N2CC[C@H](COCc3ccccc3)C2)n1. The third-order valence-electron chi connectivity index (χ3n) is 4.10. The molecule has 24 heavy (non-hydrogen) atoms. The Kier molecular flexibility index (Phi) is 5.82. The molecule has 6 heteroatoms. The monoisotopic (exact) mass is 345 g/mol. The molecule has 0 aliphatic carbocycles. The molecular formula is C18H23N3O2S. The van der Waals surface area contributed by atoms with Gasteiger partial charge in [-0.2, -0.15) is 0 Å². The number of ether oxygens (including phenoxy) is 1. The number of nitrogens with one attached hydrogen (secondary N) is 1. The van der Waals surface area contributed by atoms with Gasteiger partial charge in [-0.1, -0.05) is 30.3 Å². The van der Waals surface area contributed by atoms with Crippen molar-refractivity contribution in [3.05, 3.63) is 52.0 Å². The molecule has 1 saturated heterocycles. The molecule has 0 spiro atoms. The van der Waals surface area contributed by atoms with Gasteiger partial charge in [0.2, 0.25) is 0 Å². The van der Waals surface area contributed by atoms with E-state index in [4.69, 9.17) is 4.74 Å². The van der Waals surface area contributed by atoms with Gasteiger partial charge in [0, 0.05) is 30.1 Å². The van der Waals surface area contributed by atoms with Crippen LogP contribution < -0.4 is 5.32 Å². The molecule has 2 amide bonds. The van der Waals surface area contributed by atoms with Crippen LogP contribution in [0.15, 0.2) is 35.7 Å². The average molecular weight is 345 g/mol. The fraction of sp³-hybridized carbons (Fsp3) is 0.444. The Morgan fingerprint density at radius 3 is 3.00 bits per heavy atom. The lowest BCUT2D eigenvalue weighted by molar-refractivity contribution is 0.0897. The smallest absolute Gasteiger partial charge is 0.317 e. The summed E-state index contributed by atoms with van der Waals surface area (Å²) in [5, 5.41) is 5.90. The van der Waals surface area contributed by atoms with Gasteiger partial charge < -0.3 is 15.0 Å². The molecule has 1 aliphatic rings. The number of aryl methyl sites for hydroxylation is 1. The maximum absolute atomic E-state index is 12.2. The summed E-state index contributed by atoms with van der Waals surface area (Å²) in [5.41, 5.74) is 2.19. The highest BCUT2D eigenvalue weighted by molar-refractivity contribution is 7.09. The zero-order valence-electron chi connectivity index (χ0n) is 13.9. The minimum Gasteiger partial charge on any atom is -0.376 e. The maximum atomic E-state index is 12.2. The van der Waals surface area contributed by atoms with Crippen LogP contribution in [0.25, 0.3) is 0 Å². The lowest BCUT2D eigenvalue weighted by atomic mass is 10.1. The van der Waals surface area contributed by atoms with E-state index in [2.05, 4.69) is 22.4 Å². The fourth-order valence-electron chi connectivity index (χ4n) is 2.82. The Morgan fingerprint density at radius 1 is 1.42 bits per heavy atom. The predicted molar refractivity (Wildman–Crippen MR) is 94.9 cm³/mol. The fourth-order valence-corrected chi connectivity index (χ4v) is 3.53. The van der Waals surface area contributed by atoms with Crippen LogP contribution in [-0.4, -0.2) is 35.6 Å². The molecule has 1 fully saturated rings. The second-order valence-corrected chi connectivity index (χ2v) is 7.09. The van der Waals surface area contributed by atoms with Crippen LogP contribution in [0.2, 0.25) is 0 Å². The van der Waals surface area contributed by atoms with Gasteiger partial charge >= 0.3 is 6.03 Å². The topological polar surface area (TPSA) is 54.5 Å². The second kappa shape index (κ2) is 8.26. The van der Waals surface area contributed by atoms with Crippen LogP contribution in [0, 0.1) is 12.8 Å². The van der Waals surface area contributed by atoms with Crippen molar-refractivity contribution in [3.8, 4) is 0 Å². The lowest BCUT2D eigenvalue weighted by Crippen LogP contribution is -2.38. The number of carbonyl (C=O) groups excluding carboxylic acids is 1. The Morgan fingerprint density at radius 2 is 2.25 bits per heavy atom. The van der Waals surface area contributed by atoms with Gasteiger partial charge in [-0.15, -0.1) is 11.3 Å². The van der Waals surface area contributed by atoms with E-state index in [-0.39, 0.29) is 6.03 Å². The molecule has 2 aromatic rings. The Hall–Kier alpha value is -1.92.